The molecule has 110 valence electrons. The molecule has 1 spiro atoms. The Kier molecular flexibility index (Phi) is 3.40. The molecule has 2 unspecified atom stereocenters. The molecule has 2 saturated carbocycles. The molecule has 0 aromatic carbocycles. The summed E-state index contributed by atoms with van der Waals surface area (Å²) in [5.74, 6) is 0. The van der Waals surface area contributed by atoms with Crippen LogP contribution in [-0.2, 0) is 24.1 Å². The minimum atomic E-state index is 0.496. The van der Waals surface area contributed by atoms with Gasteiger partial charge in [0, 0.05) is 34.4 Å². The number of thiophene rings is 1. The highest BCUT2D eigenvalue weighted by Gasteiger charge is 2.58. The molecule has 2 fully saturated rings. The van der Waals surface area contributed by atoms with Crippen LogP contribution in [0.3, 0.4) is 0 Å². The predicted molar refractivity (Wildman–Crippen MR) is 83.3 cm³/mol. The summed E-state index contributed by atoms with van der Waals surface area (Å²) in [6.45, 7) is 4.07. The van der Waals surface area contributed by atoms with Crippen LogP contribution in [0.4, 0.5) is 0 Å². The number of aryl methyl sites for hydroxylation is 2. The minimum Gasteiger partial charge on any atom is -0.378 e. The third-order valence-electron chi connectivity index (χ3n) is 5.76. The van der Waals surface area contributed by atoms with E-state index in [1.54, 1.807) is 15.3 Å². The lowest BCUT2D eigenvalue weighted by Gasteiger charge is -2.61. The fraction of sp³-hybridized carbons (Fsp3) is 0.765. The molecule has 0 amide bonds. The molecule has 1 aromatic heterocycles. The Morgan fingerprint density at radius 2 is 2.25 bits per heavy atom. The maximum Gasteiger partial charge on any atom is 0.0661 e. The van der Waals surface area contributed by atoms with Crippen molar-refractivity contribution in [3.05, 3.63) is 21.4 Å². The van der Waals surface area contributed by atoms with E-state index in [0.717, 1.165) is 13.2 Å². The highest BCUT2D eigenvalue weighted by atomic mass is 32.1. The lowest BCUT2D eigenvalue weighted by atomic mass is 9.51. The summed E-state index contributed by atoms with van der Waals surface area (Å²) in [4.78, 5) is 3.20. The van der Waals surface area contributed by atoms with Gasteiger partial charge in [0.1, 0.15) is 0 Å². The monoisotopic (exact) mass is 291 g/mol. The molecule has 3 aliphatic rings. The number of ether oxygens (including phenoxy) is 1. The highest BCUT2D eigenvalue weighted by Crippen LogP contribution is 2.57. The standard InChI is InChI=1S/C17H25NOS/c1-2-19-16-10-15(17(16)7-4-8-17)18-11-13-9-12-5-3-6-14(12)20-13/h9,15-16,18H,2-8,10-11H2,1H3. The first-order chi connectivity index (χ1) is 9.82. The summed E-state index contributed by atoms with van der Waals surface area (Å²) < 4.78 is 5.93. The maximum absolute atomic E-state index is 5.93. The van der Waals surface area contributed by atoms with Crippen molar-refractivity contribution in [1.29, 1.82) is 0 Å². The van der Waals surface area contributed by atoms with E-state index in [9.17, 15) is 0 Å². The highest BCUT2D eigenvalue weighted by molar-refractivity contribution is 7.12. The Bertz CT molecular complexity index is 470. The molecule has 1 heterocycles. The number of rotatable bonds is 5. The number of hydrogen-bond acceptors (Lipinski definition) is 3. The molecule has 2 atom stereocenters. The van der Waals surface area contributed by atoms with Gasteiger partial charge in [-0.3, -0.25) is 0 Å². The summed E-state index contributed by atoms with van der Waals surface area (Å²) in [6, 6.07) is 3.15. The van der Waals surface area contributed by atoms with Gasteiger partial charge in [-0.05, 0) is 57.1 Å². The molecule has 2 nitrogen and oxygen atoms in total. The normalized spacial score (nSPS) is 30.1. The fourth-order valence-electron chi connectivity index (χ4n) is 4.43. The molecule has 1 N–H and O–H groups in total. The van der Waals surface area contributed by atoms with Gasteiger partial charge in [-0.15, -0.1) is 11.3 Å². The summed E-state index contributed by atoms with van der Waals surface area (Å²) >= 11 is 2.04. The number of hydrogen-bond donors (Lipinski definition) is 1. The van der Waals surface area contributed by atoms with Crippen LogP contribution in [0.2, 0.25) is 0 Å². The average molecular weight is 291 g/mol. The van der Waals surface area contributed by atoms with Crippen molar-refractivity contribution in [2.24, 2.45) is 5.41 Å². The van der Waals surface area contributed by atoms with Crippen molar-refractivity contribution in [1.82, 2.24) is 5.32 Å². The van der Waals surface area contributed by atoms with Crippen molar-refractivity contribution in [2.75, 3.05) is 6.61 Å². The molecule has 20 heavy (non-hydrogen) atoms. The molecule has 0 radical (unpaired) electrons. The summed E-state index contributed by atoms with van der Waals surface area (Å²) in [5.41, 5.74) is 2.13. The van der Waals surface area contributed by atoms with Crippen LogP contribution < -0.4 is 5.32 Å². The molecule has 0 aliphatic heterocycles. The van der Waals surface area contributed by atoms with E-state index in [0.29, 0.717) is 17.6 Å². The smallest absolute Gasteiger partial charge is 0.0661 e. The van der Waals surface area contributed by atoms with Crippen molar-refractivity contribution in [3.8, 4) is 0 Å². The SMILES string of the molecule is CCOC1CC(NCc2cc3c(s2)CCC3)C12CCC2. The van der Waals surface area contributed by atoms with Gasteiger partial charge in [-0.1, -0.05) is 6.42 Å². The molecule has 1 aromatic rings. The van der Waals surface area contributed by atoms with Gasteiger partial charge in [-0.25, -0.2) is 0 Å². The van der Waals surface area contributed by atoms with Gasteiger partial charge in [0.25, 0.3) is 0 Å². The molecule has 0 bridgehead atoms. The summed E-state index contributed by atoms with van der Waals surface area (Å²) in [5, 5.41) is 3.84. The third kappa shape index (κ3) is 1.98. The van der Waals surface area contributed by atoms with Gasteiger partial charge in [0.15, 0.2) is 0 Å². The quantitative estimate of drug-likeness (QED) is 0.893. The van der Waals surface area contributed by atoms with Crippen molar-refractivity contribution >= 4 is 11.3 Å². The number of fused-ring (bicyclic) bond motifs is 1. The Morgan fingerprint density at radius 3 is 2.95 bits per heavy atom. The van der Waals surface area contributed by atoms with E-state index >= 15 is 0 Å². The summed E-state index contributed by atoms with van der Waals surface area (Å²) in [6.07, 6.45) is 9.90. The molecule has 4 rings (SSSR count). The van der Waals surface area contributed by atoms with E-state index in [4.69, 9.17) is 4.74 Å². The second kappa shape index (κ2) is 5.11. The van der Waals surface area contributed by atoms with E-state index in [-0.39, 0.29) is 0 Å². The van der Waals surface area contributed by atoms with E-state index in [1.807, 2.05) is 11.3 Å². The van der Waals surface area contributed by atoms with Gasteiger partial charge >= 0.3 is 0 Å². The third-order valence-corrected chi connectivity index (χ3v) is 6.99. The molecule has 3 aliphatic carbocycles. The Morgan fingerprint density at radius 1 is 1.35 bits per heavy atom. The predicted octanol–water partition coefficient (Wildman–Crippen LogP) is 3.67. The zero-order valence-corrected chi connectivity index (χ0v) is 13.2. The zero-order valence-electron chi connectivity index (χ0n) is 12.4. The zero-order chi connectivity index (χ0) is 13.6. The van der Waals surface area contributed by atoms with E-state index < -0.39 is 0 Å². The minimum absolute atomic E-state index is 0.496. The maximum atomic E-state index is 5.93. The van der Waals surface area contributed by atoms with Crippen LogP contribution in [0, 0.1) is 5.41 Å². The number of nitrogens with one attached hydrogen (secondary N) is 1. The van der Waals surface area contributed by atoms with Crippen molar-refractivity contribution in [3.63, 3.8) is 0 Å². The average Bonchev–Trinajstić information content (AvgIpc) is 2.91. The van der Waals surface area contributed by atoms with Crippen LogP contribution in [0.15, 0.2) is 6.07 Å². The van der Waals surface area contributed by atoms with E-state index in [1.165, 1.54) is 44.9 Å². The van der Waals surface area contributed by atoms with Crippen LogP contribution in [0.1, 0.15) is 54.3 Å². The molecular weight excluding hydrogens is 266 g/mol. The van der Waals surface area contributed by atoms with Crippen LogP contribution >= 0.6 is 11.3 Å². The van der Waals surface area contributed by atoms with Crippen molar-refractivity contribution < 1.29 is 4.74 Å². The topological polar surface area (TPSA) is 21.3 Å². The first-order valence-corrected chi connectivity index (χ1v) is 9.09. The van der Waals surface area contributed by atoms with Gasteiger partial charge in [0.05, 0.1) is 6.10 Å². The first-order valence-electron chi connectivity index (χ1n) is 8.27. The first kappa shape index (κ1) is 13.3. The van der Waals surface area contributed by atoms with Crippen LogP contribution in [0.5, 0.6) is 0 Å². The Balaban J connectivity index is 1.35. The summed E-state index contributed by atoms with van der Waals surface area (Å²) in [7, 11) is 0. The lowest BCUT2D eigenvalue weighted by Crippen LogP contribution is -2.66. The largest absolute Gasteiger partial charge is 0.378 e. The molecular formula is C17H25NOS. The molecule has 3 heteroatoms. The lowest BCUT2D eigenvalue weighted by molar-refractivity contribution is -0.173. The Labute approximate surface area is 125 Å². The fourth-order valence-corrected chi connectivity index (χ4v) is 5.64. The Hall–Kier alpha value is -0.380. The van der Waals surface area contributed by atoms with Crippen molar-refractivity contribution in [2.45, 2.75) is 70.6 Å². The second-order valence-electron chi connectivity index (χ2n) is 6.71. The second-order valence-corrected chi connectivity index (χ2v) is 7.94. The van der Waals surface area contributed by atoms with Crippen LogP contribution in [0.25, 0.3) is 0 Å². The van der Waals surface area contributed by atoms with E-state index in [2.05, 4.69) is 18.3 Å². The van der Waals surface area contributed by atoms with Gasteiger partial charge < -0.3 is 10.1 Å². The van der Waals surface area contributed by atoms with Gasteiger partial charge in [0.2, 0.25) is 0 Å². The van der Waals surface area contributed by atoms with Gasteiger partial charge in [-0.2, -0.15) is 0 Å². The molecule has 0 saturated heterocycles. The van der Waals surface area contributed by atoms with Crippen LogP contribution in [-0.4, -0.2) is 18.8 Å².